The number of aliphatic imine (C=N–C) groups is 1. The Kier molecular flexibility index (Phi) is 7.47. The summed E-state index contributed by atoms with van der Waals surface area (Å²) < 4.78 is 10.5. The monoisotopic (exact) mass is 413 g/mol. The van der Waals surface area contributed by atoms with Gasteiger partial charge in [-0.15, -0.1) is 0 Å². The van der Waals surface area contributed by atoms with Gasteiger partial charge in [0.05, 0.1) is 7.11 Å². The summed E-state index contributed by atoms with van der Waals surface area (Å²) >= 11 is 5.91. The van der Waals surface area contributed by atoms with Crippen LogP contribution in [0.1, 0.15) is 18.4 Å². The van der Waals surface area contributed by atoms with Crippen LogP contribution >= 0.6 is 11.6 Å². The summed E-state index contributed by atoms with van der Waals surface area (Å²) in [6.07, 6.45) is 0.871. The van der Waals surface area contributed by atoms with E-state index in [1.165, 1.54) is 5.56 Å². The molecule has 0 bridgehead atoms. The normalized spacial score (nSPS) is 11.3. The maximum absolute atomic E-state index is 5.91. The molecule has 2 N–H and O–H groups in total. The highest BCUT2D eigenvalue weighted by molar-refractivity contribution is 6.30. The molecule has 0 atom stereocenters. The molecule has 0 aliphatic rings. The van der Waals surface area contributed by atoms with Crippen molar-refractivity contribution in [3.05, 3.63) is 65.0 Å². The van der Waals surface area contributed by atoms with E-state index >= 15 is 0 Å². The molecule has 0 saturated carbocycles. The summed E-state index contributed by atoms with van der Waals surface area (Å²) in [5.41, 5.74) is 2.07. The van der Waals surface area contributed by atoms with Crippen LogP contribution in [0.4, 0.5) is 0 Å². The maximum atomic E-state index is 5.91. The maximum Gasteiger partial charge on any atom is 0.248 e. The number of aromatic nitrogens is 2. The summed E-state index contributed by atoms with van der Waals surface area (Å²) in [7, 11) is 1.66. The van der Waals surface area contributed by atoms with Crippen LogP contribution in [0.5, 0.6) is 5.75 Å². The SMILES string of the molecule is CCNC(=NCc1nc(-c2ccc(Cl)cc2)no1)NCCc1ccc(OC)cc1. The molecule has 0 spiro atoms. The molecule has 1 heterocycles. The number of halogens is 1. The summed E-state index contributed by atoms with van der Waals surface area (Å²) in [6.45, 7) is 3.82. The fraction of sp³-hybridized carbons (Fsp3) is 0.286. The van der Waals surface area contributed by atoms with E-state index in [1.807, 2.05) is 31.2 Å². The van der Waals surface area contributed by atoms with Crippen LogP contribution in [0.3, 0.4) is 0 Å². The van der Waals surface area contributed by atoms with Gasteiger partial charge in [0.1, 0.15) is 12.3 Å². The molecule has 0 amide bonds. The minimum atomic E-state index is 0.290. The van der Waals surface area contributed by atoms with Crippen LogP contribution in [0.25, 0.3) is 11.4 Å². The van der Waals surface area contributed by atoms with E-state index < -0.39 is 0 Å². The predicted molar refractivity (Wildman–Crippen MR) is 114 cm³/mol. The fourth-order valence-corrected chi connectivity index (χ4v) is 2.77. The van der Waals surface area contributed by atoms with E-state index in [2.05, 4.69) is 37.9 Å². The molecule has 2 aromatic carbocycles. The lowest BCUT2D eigenvalue weighted by Crippen LogP contribution is -2.38. The lowest BCUT2D eigenvalue weighted by Gasteiger charge is -2.11. The molecule has 29 heavy (non-hydrogen) atoms. The highest BCUT2D eigenvalue weighted by Crippen LogP contribution is 2.18. The van der Waals surface area contributed by atoms with Crippen LogP contribution in [0.15, 0.2) is 58.0 Å². The molecular weight excluding hydrogens is 390 g/mol. The Hall–Kier alpha value is -3.06. The van der Waals surface area contributed by atoms with Gasteiger partial charge in [-0.05, 0) is 55.3 Å². The van der Waals surface area contributed by atoms with Gasteiger partial charge in [0.2, 0.25) is 11.7 Å². The van der Waals surface area contributed by atoms with Crippen molar-refractivity contribution in [3.63, 3.8) is 0 Å². The molecule has 0 saturated heterocycles. The lowest BCUT2D eigenvalue weighted by molar-refractivity contribution is 0.380. The average Bonchev–Trinajstić information content (AvgIpc) is 3.22. The van der Waals surface area contributed by atoms with Crippen molar-refractivity contribution in [2.24, 2.45) is 4.99 Å². The van der Waals surface area contributed by atoms with Crippen molar-refractivity contribution in [2.45, 2.75) is 19.9 Å². The molecule has 0 aliphatic carbocycles. The molecule has 1 aromatic heterocycles. The number of rotatable bonds is 8. The largest absolute Gasteiger partial charge is 0.497 e. The third-order valence-electron chi connectivity index (χ3n) is 4.15. The van der Waals surface area contributed by atoms with E-state index in [-0.39, 0.29) is 0 Å². The molecule has 152 valence electrons. The Labute approximate surface area is 175 Å². The van der Waals surface area contributed by atoms with Crippen molar-refractivity contribution in [1.82, 2.24) is 20.8 Å². The zero-order valence-electron chi connectivity index (χ0n) is 16.5. The summed E-state index contributed by atoms with van der Waals surface area (Å²) in [6, 6.07) is 15.3. The van der Waals surface area contributed by atoms with E-state index in [4.69, 9.17) is 20.9 Å². The number of hydrogen-bond acceptors (Lipinski definition) is 5. The zero-order valence-corrected chi connectivity index (χ0v) is 17.2. The van der Waals surface area contributed by atoms with Gasteiger partial charge in [0, 0.05) is 23.7 Å². The second-order valence-electron chi connectivity index (χ2n) is 6.24. The van der Waals surface area contributed by atoms with Gasteiger partial charge in [-0.3, -0.25) is 0 Å². The van der Waals surface area contributed by atoms with Crippen molar-refractivity contribution in [1.29, 1.82) is 0 Å². The molecule has 8 heteroatoms. The second kappa shape index (κ2) is 10.5. The number of guanidine groups is 1. The first-order chi connectivity index (χ1) is 14.2. The topological polar surface area (TPSA) is 84.6 Å². The smallest absolute Gasteiger partial charge is 0.248 e. The first kappa shape index (κ1) is 20.7. The van der Waals surface area contributed by atoms with Crippen LogP contribution in [-0.2, 0) is 13.0 Å². The number of ether oxygens (including phenoxy) is 1. The van der Waals surface area contributed by atoms with E-state index in [0.29, 0.717) is 29.2 Å². The van der Waals surface area contributed by atoms with Gasteiger partial charge in [-0.1, -0.05) is 28.9 Å². The minimum Gasteiger partial charge on any atom is -0.497 e. The zero-order chi connectivity index (χ0) is 20.5. The lowest BCUT2D eigenvalue weighted by atomic mass is 10.1. The molecule has 3 rings (SSSR count). The third kappa shape index (κ3) is 6.22. The molecule has 0 fully saturated rings. The van der Waals surface area contributed by atoms with E-state index in [1.54, 1.807) is 19.2 Å². The first-order valence-electron chi connectivity index (χ1n) is 9.41. The van der Waals surface area contributed by atoms with Gasteiger partial charge >= 0.3 is 0 Å². The van der Waals surface area contributed by atoms with Gasteiger partial charge in [0.15, 0.2) is 5.96 Å². The van der Waals surface area contributed by atoms with Gasteiger partial charge in [-0.2, -0.15) is 4.98 Å². The minimum absolute atomic E-state index is 0.290. The standard InChI is InChI=1S/C21H24ClN5O2/c1-3-23-21(24-13-12-15-4-10-18(28-2)11-5-15)25-14-19-26-20(27-29-19)16-6-8-17(22)9-7-16/h4-11H,3,12-14H2,1-2H3,(H2,23,24,25). The van der Waals surface area contributed by atoms with Crippen LogP contribution in [0, 0.1) is 0 Å². The van der Waals surface area contributed by atoms with E-state index in [0.717, 1.165) is 30.8 Å². The second-order valence-corrected chi connectivity index (χ2v) is 6.68. The van der Waals surface area contributed by atoms with Gasteiger partial charge in [0.25, 0.3) is 0 Å². The Balaban J connectivity index is 1.55. The first-order valence-corrected chi connectivity index (χ1v) is 9.79. The number of nitrogens with one attached hydrogen (secondary N) is 2. The Morgan fingerprint density at radius 3 is 2.55 bits per heavy atom. The molecule has 0 radical (unpaired) electrons. The van der Waals surface area contributed by atoms with Crippen molar-refractivity contribution >= 4 is 17.6 Å². The van der Waals surface area contributed by atoms with Crippen molar-refractivity contribution < 1.29 is 9.26 Å². The Morgan fingerprint density at radius 2 is 1.86 bits per heavy atom. The Morgan fingerprint density at radius 1 is 1.10 bits per heavy atom. The average molecular weight is 414 g/mol. The quantitative estimate of drug-likeness (QED) is 0.432. The number of nitrogens with zero attached hydrogens (tertiary/aromatic N) is 3. The highest BCUT2D eigenvalue weighted by Gasteiger charge is 2.08. The molecule has 0 unspecified atom stereocenters. The van der Waals surface area contributed by atoms with Gasteiger partial charge < -0.3 is 19.9 Å². The third-order valence-corrected chi connectivity index (χ3v) is 4.40. The number of hydrogen-bond donors (Lipinski definition) is 2. The van der Waals surface area contributed by atoms with Crippen LogP contribution in [-0.4, -0.2) is 36.3 Å². The molecule has 3 aromatic rings. The van der Waals surface area contributed by atoms with Gasteiger partial charge in [-0.25, -0.2) is 4.99 Å². The summed E-state index contributed by atoms with van der Waals surface area (Å²) in [4.78, 5) is 8.91. The van der Waals surface area contributed by atoms with E-state index in [9.17, 15) is 0 Å². The van der Waals surface area contributed by atoms with Crippen LogP contribution < -0.4 is 15.4 Å². The summed E-state index contributed by atoms with van der Waals surface area (Å²) in [5, 5.41) is 11.2. The van der Waals surface area contributed by atoms with Crippen LogP contribution in [0.2, 0.25) is 5.02 Å². The number of methoxy groups -OCH3 is 1. The van der Waals surface area contributed by atoms with Crippen molar-refractivity contribution in [2.75, 3.05) is 20.2 Å². The molecule has 7 nitrogen and oxygen atoms in total. The molecule has 0 aliphatic heterocycles. The predicted octanol–water partition coefficient (Wildman–Crippen LogP) is 3.70. The fourth-order valence-electron chi connectivity index (χ4n) is 2.64. The Bertz CT molecular complexity index is 923. The number of benzene rings is 2. The molecular formula is C21H24ClN5O2. The highest BCUT2D eigenvalue weighted by atomic mass is 35.5. The summed E-state index contributed by atoms with van der Waals surface area (Å²) in [5.74, 6) is 2.52. The van der Waals surface area contributed by atoms with Crippen molar-refractivity contribution in [3.8, 4) is 17.1 Å².